The Balaban J connectivity index is 1.58. The molecule has 4 N–H and O–H groups in total. The molecule has 0 aliphatic heterocycles. The Morgan fingerprint density at radius 3 is 2.53 bits per heavy atom. The molecule has 1 saturated carbocycles. The number of hydrogen-bond donors (Lipinski definition) is 4. The zero-order valence-corrected chi connectivity index (χ0v) is 19.1. The van der Waals surface area contributed by atoms with Crippen molar-refractivity contribution in [3.63, 3.8) is 0 Å². The number of carbonyl (C=O) groups excluding carboxylic acids is 1. The van der Waals surface area contributed by atoms with E-state index >= 15 is 0 Å². The summed E-state index contributed by atoms with van der Waals surface area (Å²) in [4.78, 5) is 38.0. The number of nitrogens with one attached hydrogen (secondary N) is 2. The summed E-state index contributed by atoms with van der Waals surface area (Å²) < 4.78 is 6.68. The van der Waals surface area contributed by atoms with Gasteiger partial charge in [-0.25, -0.2) is 4.79 Å². The first-order valence-electron chi connectivity index (χ1n) is 10.4. The second-order valence-corrected chi connectivity index (χ2v) is 8.62. The summed E-state index contributed by atoms with van der Waals surface area (Å²) in [5.41, 5.74) is -1.27. The second kappa shape index (κ2) is 9.88. The van der Waals surface area contributed by atoms with Crippen molar-refractivity contribution in [2.45, 2.75) is 37.8 Å². The fraction of sp³-hybridized carbons (Fsp3) is 0.273. The van der Waals surface area contributed by atoms with Crippen LogP contribution < -0.4 is 21.3 Å². The SMILES string of the molecule is O=C(NC1CCCCC1O)c1cc(Oc2c(Cl)cc(-n3ncc(=O)[nH]c3=O)cc2Cl)ccc1O. The quantitative estimate of drug-likeness (QED) is 0.415. The molecule has 12 heteroatoms. The molecule has 2 atom stereocenters. The number of nitrogens with zero attached hydrogens (tertiary/aromatic N) is 2. The van der Waals surface area contributed by atoms with Crippen molar-refractivity contribution in [1.29, 1.82) is 0 Å². The Kier molecular flexibility index (Phi) is 6.92. The van der Waals surface area contributed by atoms with E-state index in [0.29, 0.717) is 12.8 Å². The van der Waals surface area contributed by atoms with Crippen LogP contribution in [0.3, 0.4) is 0 Å². The lowest BCUT2D eigenvalue weighted by Crippen LogP contribution is -2.45. The monoisotopic (exact) mass is 506 g/mol. The van der Waals surface area contributed by atoms with Crippen molar-refractivity contribution < 1.29 is 19.7 Å². The van der Waals surface area contributed by atoms with E-state index in [9.17, 15) is 24.6 Å². The molecule has 1 fully saturated rings. The third-order valence-corrected chi connectivity index (χ3v) is 5.98. The number of ether oxygens (including phenoxy) is 1. The number of aromatic hydroxyl groups is 1. The molecule has 1 aliphatic carbocycles. The first-order chi connectivity index (χ1) is 16.2. The van der Waals surface area contributed by atoms with Crippen LogP contribution in [0, 0.1) is 0 Å². The number of aromatic amines is 1. The van der Waals surface area contributed by atoms with Crippen molar-refractivity contribution in [2.24, 2.45) is 0 Å². The summed E-state index contributed by atoms with van der Waals surface area (Å²) in [7, 11) is 0. The number of rotatable bonds is 5. The molecule has 1 amide bonds. The average molecular weight is 507 g/mol. The Labute approximate surface area is 202 Å². The molecule has 1 aromatic heterocycles. The van der Waals surface area contributed by atoms with E-state index in [2.05, 4.69) is 15.4 Å². The predicted octanol–water partition coefficient (Wildman–Crippen LogP) is 2.76. The van der Waals surface area contributed by atoms with Crippen molar-refractivity contribution in [2.75, 3.05) is 0 Å². The number of phenols is 1. The number of phenolic OH excluding ortho intramolecular Hbond substituents is 1. The van der Waals surface area contributed by atoms with Crippen molar-refractivity contribution in [1.82, 2.24) is 20.1 Å². The molecule has 3 aromatic rings. The predicted molar refractivity (Wildman–Crippen MR) is 124 cm³/mol. The molecular weight excluding hydrogens is 487 g/mol. The van der Waals surface area contributed by atoms with Gasteiger partial charge in [-0.1, -0.05) is 36.0 Å². The minimum absolute atomic E-state index is 0.0341. The molecule has 10 nitrogen and oxygen atoms in total. The third-order valence-electron chi connectivity index (χ3n) is 5.42. The van der Waals surface area contributed by atoms with E-state index in [1.807, 2.05) is 0 Å². The maximum absolute atomic E-state index is 12.7. The number of benzene rings is 2. The van der Waals surface area contributed by atoms with Crippen LogP contribution in [-0.4, -0.2) is 43.0 Å². The van der Waals surface area contributed by atoms with Gasteiger partial charge >= 0.3 is 5.69 Å². The van der Waals surface area contributed by atoms with Gasteiger partial charge in [0.15, 0.2) is 5.75 Å². The van der Waals surface area contributed by atoms with Gasteiger partial charge in [0.25, 0.3) is 11.5 Å². The molecule has 2 aromatic carbocycles. The third kappa shape index (κ3) is 5.09. The Bertz CT molecular complexity index is 1330. The van der Waals surface area contributed by atoms with Crippen LogP contribution >= 0.6 is 23.2 Å². The Morgan fingerprint density at radius 1 is 1.15 bits per heavy atom. The molecule has 0 spiro atoms. The lowest BCUT2D eigenvalue weighted by molar-refractivity contribution is 0.0715. The smallest absolute Gasteiger partial charge is 0.349 e. The highest BCUT2D eigenvalue weighted by Crippen LogP contribution is 2.39. The molecule has 34 heavy (non-hydrogen) atoms. The molecule has 2 unspecified atom stereocenters. The number of carbonyl (C=O) groups is 1. The van der Waals surface area contributed by atoms with Crippen molar-refractivity contribution in [3.05, 3.63) is 73.0 Å². The lowest BCUT2D eigenvalue weighted by atomic mass is 9.92. The molecule has 1 heterocycles. The highest BCUT2D eigenvalue weighted by Gasteiger charge is 2.26. The topological polar surface area (TPSA) is 147 Å². The van der Waals surface area contributed by atoms with Gasteiger partial charge in [0, 0.05) is 0 Å². The summed E-state index contributed by atoms with van der Waals surface area (Å²) in [5.74, 6) is -0.594. The number of aromatic nitrogens is 3. The Morgan fingerprint density at radius 2 is 1.85 bits per heavy atom. The largest absolute Gasteiger partial charge is 0.507 e. The summed E-state index contributed by atoms with van der Waals surface area (Å²) in [6.45, 7) is 0. The fourth-order valence-electron chi connectivity index (χ4n) is 3.71. The molecule has 178 valence electrons. The Hall–Kier alpha value is -3.34. The van der Waals surface area contributed by atoms with Gasteiger partial charge in [-0.3, -0.25) is 14.6 Å². The van der Waals surface area contributed by atoms with Gasteiger partial charge in [-0.15, -0.1) is 0 Å². The fourth-order valence-corrected chi connectivity index (χ4v) is 4.26. The van der Waals surface area contributed by atoms with Crippen LogP contribution in [0.5, 0.6) is 17.2 Å². The summed E-state index contributed by atoms with van der Waals surface area (Å²) in [6.07, 6.45) is 3.34. The standard InChI is InChI=1S/C22H20Cl2N4O6/c23-14-7-11(28-22(33)27-19(31)10-25-28)8-15(24)20(14)34-12-5-6-17(29)13(9-12)21(32)26-16-3-1-2-4-18(16)30/h5-10,16,18,29-30H,1-4H2,(H,26,32)(H,27,31,33). The van der Waals surface area contributed by atoms with E-state index < -0.39 is 29.3 Å². The molecule has 0 saturated heterocycles. The first kappa shape index (κ1) is 23.8. The first-order valence-corrected chi connectivity index (χ1v) is 11.2. The minimum Gasteiger partial charge on any atom is -0.507 e. The second-order valence-electron chi connectivity index (χ2n) is 7.80. The summed E-state index contributed by atoms with van der Waals surface area (Å²) in [6, 6.07) is 6.39. The lowest BCUT2D eigenvalue weighted by Gasteiger charge is -2.28. The van der Waals surface area contributed by atoms with E-state index in [1.54, 1.807) is 0 Å². The van der Waals surface area contributed by atoms with Crippen molar-refractivity contribution >= 4 is 29.1 Å². The summed E-state index contributed by atoms with van der Waals surface area (Å²) >= 11 is 12.6. The highest BCUT2D eigenvalue weighted by atomic mass is 35.5. The van der Waals surface area contributed by atoms with E-state index in [0.717, 1.165) is 23.7 Å². The van der Waals surface area contributed by atoms with Gasteiger partial charge in [-0.2, -0.15) is 9.78 Å². The number of H-pyrrole nitrogens is 1. The van der Waals surface area contributed by atoms with Gasteiger partial charge < -0.3 is 20.3 Å². The van der Waals surface area contributed by atoms with Gasteiger partial charge in [0.1, 0.15) is 17.7 Å². The van der Waals surface area contributed by atoms with E-state index in [-0.39, 0.29) is 38.5 Å². The average Bonchev–Trinajstić information content (AvgIpc) is 2.78. The van der Waals surface area contributed by atoms with Crippen LogP contribution in [0.2, 0.25) is 10.0 Å². The number of aliphatic hydroxyl groups is 1. The van der Waals surface area contributed by atoms with Crippen LogP contribution in [0.1, 0.15) is 36.0 Å². The minimum atomic E-state index is -0.773. The molecule has 4 rings (SSSR count). The van der Waals surface area contributed by atoms with Gasteiger partial charge in [0.2, 0.25) is 0 Å². The van der Waals surface area contributed by atoms with Crippen LogP contribution in [0.4, 0.5) is 0 Å². The van der Waals surface area contributed by atoms with Crippen LogP contribution in [0.25, 0.3) is 5.69 Å². The van der Waals surface area contributed by atoms with Crippen LogP contribution in [-0.2, 0) is 0 Å². The van der Waals surface area contributed by atoms with Crippen LogP contribution in [0.15, 0.2) is 46.1 Å². The molecule has 1 aliphatic rings. The van der Waals surface area contributed by atoms with E-state index in [4.69, 9.17) is 27.9 Å². The number of hydrogen-bond acceptors (Lipinski definition) is 7. The van der Waals surface area contributed by atoms with Gasteiger partial charge in [-0.05, 0) is 43.2 Å². The maximum atomic E-state index is 12.7. The molecular formula is C22H20Cl2N4O6. The number of halogens is 2. The highest BCUT2D eigenvalue weighted by molar-refractivity contribution is 6.37. The molecule has 0 radical (unpaired) electrons. The maximum Gasteiger partial charge on any atom is 0.349 e. The van der Waals surface area contributed by atoms with Crippen molar-refractivity contribution in [3.8, 4) is 22.9 Å². The summed E-state index contributed by atoms with van der Waals surface area (Å²) in [5, 5.41) is 26.9. The molecule has 0 bridgehead atoms. The van der Waals surface area contributed by atoms with Gasteiger partial charge in [0.05, 0.1) is 33.4 Å². The van der Waals surface area contributed by atoms with E-state index in [1.165, 1.54) is 30.3 Å². The number of amides is 1. The zero-order valence-electron chi connectivity index (χ0n) is 17.6. The normalized spacial score (nSPS) is 17.9. The zero-order chi connectivity index (χ0) is 24.4. The number of aliphatic hydroxyl groups excluding tert-OH is 1.